The first-order chi connectivity index (χ1) is 19.7. The number of nitrogens with one attached hydrogen (secondary N) is 1. The zero-order valence-corrected chi connectivity index (χ0v) is 23.3. The van der Waals surface area contributed by atoms with E-state index in [9.17, 15) is 24.6 Å². The van der Waals surface area contributed by atoms with Crippen molar-refractivity contribution in [2.45, 2.75) is 26.6 Å². The van der Waals surface area contributed by atoms with E-state index in [1.807, 2.05) is 31.2 Å². The summed E-state index contributed by atoms with van der Waals surface area (Å²) >= 11 is 0. The second kappa shape index (κ2) is 13.9. The van der Waals surface area contributed by atoms with E-state index in [4.69, 9.17) is 0 Å². The molecule has 4 rings (SSSR count). The summed E-state index contributed by atoms with van der Waals surface area (Å²) in [5, 5.41) is 21.4. The van der Waals surface area contributed by atoms with E-state index >= 15 is 0 Å². The van der Waals surface area contributed by atoms with Crippen LogP contribution in [0.15, 0.2) is 48.5 Å². The van der Waals surface area contributed by atoms with Crippen LogP contribution in [0.4, 0.5) is 0 Å². The number of carboxylic acids is 2. The van der Waals surface area contributed by atoms with Gasteiger partial charge in [0.2, 0.25) is 0 Å². The second-order valence-corrected chi connectivity index (χ2v) is 10.1. The molecule has 0 aromatic carbocycles. The smallest absolute Gasteiger partial charge is 0.354 e. The van der Waals surface area contributed by atoms with Crippen LogP contribution < -0.4 is 5.32 Å². The van der Waals surface area contributed by atoms with E-state index in [0.29, 0.717) is 62.9 Å². The molecule has 1 aliphatic heterocycles. The molecule has 4 heterocycles. The van der Waals surface area contributed by atoms with Gasteiger partial charge in [-0.05, 0) is 48.9 Å². The van der Waals surface area contributed by atoms with Crippen molar-refractivity contribution in [2.24, 2.45) is 0 Å². The van der Waals surface area contributed by atoms with Gasteiger partial charge in [-0.2, -0.15) is 0 Å². The molecule has 1 amide bonds. The van der Waals surface area contributed by atoms with Gasteiger partial charge in [-0.25, -0.2) is 24.5 Å². The third-order valence-corrected chi connectivity index (χ3v) is 6.89. The van der Waals surface area contributed by atoms with E-state index in [1.165, 1.54) is 6.07 Å². The molecule has 0 unspecified atom stereocenters. The third kappa shape index (κ3) is 8.61. The van der Waals surface area contributed by atoms with Crippen LogP contribution in [-0.4, -0.2) is 104 Å². The lowest BCUT2D eigenvalue weighted by molar-refractivity contribution is 0.0679. The number of aryl methyl sites for hydroxylation is 1. The Morgan fingerprint density at radius 3 is 1.61 bits per heavy atom. The molecule has 1 aliphatic rings. The molecule has 0 atom stereocenters. The zero-order valence-electron chi connectivity index (χ0n) is 23.3. The number of rotatable bonds is 9. The fourth-order valence-corrected chi connectivity index (χ4v) is 4.78. The minimum Gasteiger partial charge on any atom is -0.477 e. The molecule has 3 aromatic heterocycles. The van der Waals surface area contributed by atoms with Crippen molar-refractivity contribution in [1.29, 1.82) is 0 Å². The number of carboxylic acid groups (broad SMARTS) is 2. The van der Waals surface area contributed by atoms with Crippen molar-refractivity contribution >= 4 is 17.8 Å². The van der Waals surface area contributed by atoms with Crippen molar-refractivity contribution in [3.8, 4) is 0 Å². The Balaban J connectivity index is 1.54. The predicted molar refractivity (Wildman–Crippen MR) is 151 cm³/mol. The van der Waals surface area contributed by atoms with E-state index < -0.39 is 11.9 Å². The maximum atomic E-state index is 12.1. The summed E-state index contributed by atoms with van der Waals surface area (Å²) in [6, 6.07) is 13.9. The first-order valence-electron chi connectivity index (χ1n) is 13.5. The van der Waals surface area contributed by atoms with Gasteiger partial charge in [0.25, 0.3) is 5.91 Å². The summed E-state index contributed by atoms with van der Waals surface area (Å²) in [6.07, 6.45) is 0. The highest BCUT2D eigenvalue weighted by Crippen LogP contribution is 2.13. The van der Waals surface area contributed by atoms with Crippen LogP contribution in [0, 0.1) is 6.92 Å². The Morgan fingerprint density at radius 2 is 1.12 bits per heavy atom. The quantitative estimate of drug-likeness (QED) is 0.350. The van der Waals surface area contributed by atoms with Crippen molar-refractivity contribution < 1.29 is 24.6 Å². The molecule has 0 radical (unpaired) electrons. The van der Waals surface area contributed by atoms with Gasteiger partial charge in [0.1, 0.15) is 17.1 Å². The number of aromatic carboxylic acids is 2. The molecule has 1 saturated heterocycles. The average molecular weight is 562 g/mol. The van der Waals surface area contributed by atoms with Crippen LogP contribution in [0.1, 0.15) is 54.1 Å². The van der Waals surface area contributed by atoms with Crippen molar-refractivity contribution in [3.05, 3.63) is 88.3 Å². The number of carbonyl (C=O) groups is 3. The molecular weight excluding hydrogens is 526 g/mol. The zero-order chi connectivity index (χ0) is 29.4. The van der Waals surface area contributed by atoms with Crippen molar-refractivity contribution in [3.63, 3.8) is 0 Å². The number of carbonyl (C=O) groups excluding carboxylic acids is 1. The van der Waals surface area contributed by atoms with Crippen LogP contribution in [0.5, 0.6) is 0 Å². The monoisotopic (exact) mass is 561 g/mol. The lowest BCUT2D eigenvalue weighted by Crippen LogP contribution is -2.36. The fraction of sp³-hybridized carbons (Fsp3) is 0.379. The Kier molecular flexibility index (Phi) is 10.1. The molecule has 12 heteroatoms. The number of hydrogen-bond acceptors (Lipinski definition) is 9. The summed E-state index contributed by atoms with van der Waals surface area (Å²) in [4.78, 5) is 55.1. The number of pyridine rings is 3. The number of hydrogen-bond donors (Lipinski definition) is 3. The number of amides is 1. The van der Waals surface area contributed by atoms with Gasteiger partial charge in [-0.15, -0.1) is 0 Å². The summed E-state index contributed by atoms with van der Waals surface area (Å²) in [6.45, 7) is 7.67. The lowest BCUT2D eigenvalue weighted by Gasteiger charge is -2.25. The Labute approximate surface area is 238 Å². The van der Waals surface area contributed by atoms with E-state index in [1.54, 1.807) is 25.2 Å². The molecule has 0 saturated carbocycles. The molecule has 41 heavy (non-hydrogen) atoms. The molecule has 0 aliphatic carbocycles. The first kappa shape index (κ1) is 29.7. The minimum atomic E-state index is -1.06. The van der Waals surface area contributed by atoms with Gasteiger partial charge in [-0.1, -0.05) is 12.1 Å². The maximum Gasteiger partial charge on any atom is 0.354 e. The van der Waals surface area contributed by atoms with Crippen LogP contribution in [0.25, 0.3) is 0 Å². The summed E-state index contributed by atoms with van der Waals surface area (Å²) in [7, 11) is 1.57. The fourth-order valence-electron chi connectivity index (χ4n) is 4.78. The molecular formula is C29H35N7O5. The summed E-state index contributed by atoms with van der Waals surface area (Å²) < 4.78 is 0. The third-order valence-electron chi connectivity index (χ3n) is 6.89. The van der Waals surface area contributed by atoms with E-state index in [-0.39, 0.29) is 17.3 Å². The molecule has 0 spiro atoms. The van der Waals surface area contributed by atoms with E-state index in [2.05, 4.69) is 35.0 Å². The molecule has 1 fully saturated rings. The number of aromatic nitrogens is 3. The number of nitrogens with zero attached hydrogens (tertiary/aromatic N) is 6. The van der Waals surface area contributed by atoms with Crippen LogP contribution in [-0.2, 0) is 19.6 Å². The first-order valence-corrected chi connectivity index (χ1v) is 13.5. The maximum absolute atomic E-state index is 12.1. The molecule has 3 N–H and O–H groups in total. The normalized spacial score (nSPS) is 15.5. The minimum absolute atomic E-state index is 0.0110. The van der Waals surface area contributed by atoms with Crippen LogP contribution in [0.2, 0.25) is 0 Å². The van der Waals surface area contributed by atoms with Gasteiger partial charge in [0, 0.05) is 66.0 Å². The summed E-state index contributed by atoms with van der Waals surface area (Å²) in [5.41, 5.74) is 3.39. The highest BCUT2D eigenvalue weighted by molar-refractivity contribution is 5.92. The molecule has 0 bridgehead atoms. The SMILES string of the molecule is CNC(=O)c1cccc(CN2CCN(Cc3cccc(C(=O)O)n3)CCN(Cc3cc(C)cc(C(=O)O)n3)CC2)n1. The van der Waals surface area contributed by atoms with Crippen molar-refractivity contribution in [1.82, 2.24) is 35.0 Å². The molecule has 216 valence electrons. The molecule has 3 aromatic rings. The van der Waals surface area contributed by atoms with Gasteiger partial charge in [0.05, 0.1) is 17.1 Å². The van der Waals surface area contributed by atoms with Crippen LogP contribution >= 0.6 is 0 Å². The lowest BCUT2D eigenvalue weighted by atomic mass is 10.2. The predicted octanol–water partition coefficient (Wildman–Crippen LogP) is 1.76. The highest BCUT2D eigenvalue weighted by Gasteiger charge is 2.20. The van der Waals surface area contributed by atoms with Gasteiger partial charge in [-0.3, -0.25) is 19.5 Å². The van der Waals surface area contributed by atoms with Crippen LogP contribution in [0.3, 0.4) is 0 Å². The Bertz CT molecular complexity index is 1400. The topological polar surface area (TPSA) is 152 Å². The van der Waals surface area contributed by atoms with E-state index in [0.717, 1.165) is 24.3 Å². The Morgan fingerprint density at radius 1 is 0.683 bits per heavy atom. The highest BCUT2D eigenvalue weighted by atomic mass is 16.4. The standard InChI is InChI=1S/C29H35N7O5/c1-20-15-23(33-26(16-20)29(40)41)19-36-13-11-34(17-21-5-3-7-24(31-21)27(37)30-2)9-10-35(12-14-36)18-22-6-4-8-25(32-22)28(38)39/h3-8,15-16H,9-14,17-19H2,1-2H3,(H,30,37)(H,38,39)(H,40,41). The van der Waals surface area contributed by atoms with Gasteiger partial charge < -0.3 is 15.5 Å². The molecule has 12 nitrogen and oxygen atoms in total. The van der Waals surface area contributed by atoms with Gasteiger partial charge >= 0.3 is 11.9 Å². The Hall–Kier alpha value is -4.26. The van der Waals surface area contributed by atoms with Gasteiger partial charge in [0.15, 0.2) is 0 Å². The average Bonchev–Trinajstić information content (AvgIpc) is 3.04. The van der Waals surface area contributed by atoms with Crippen molar-refractivity contribution in [2.75, 3.05) is 46.3 Å². The largest absolute Gasteiger partial charge is 0.477 e. The summed E-state index contributed by atoms with van der Waals surface area (Å²) in [5.74, 6) is -2.36. The second-order valence-electron chi connectivity index (χ2n) is 10.1.